The fraction of sp³-hybridized carbons (Fsp3) is 1.00. The van der Waals surface area contributed by atoms with Crippen LogP contribution in [0.2, 0.25) is 0 Å². The molecule has 0 aromatic carbocycles. The Balaban J connectivity index is 2.02. The van der Waals surface area contributed by atoms with Crippen molar-refractivity contribution in [2.24, 2.45) is 29.4 Å². The zero-order chi connectivity index (χ0) is 13.9. The first-order valence-electron chi connectivity index (χ1n) is 8.84. The van der Waals surface area contributed by atoms with Gasteiger partial charge in [0.2, 0.25) is 0 Å². The van der Waals surface area contributed by atoms with Crippen LogP contribution in [0.15, 0.2) is 0 Å². The second-order valence-electron chi connectivity index (χ2n) is 7.88. The quantitative estimate of drug-likeness (QED) is 0.748. The van der Waals surface area contributed by atoms with Gasteiger partial charge in [-0.1, -0.05) is 59.3 Å². The van der Waals surface area contributed by atoms with Crippen LogP contribution in [0.25, 0.3) is 0 Å². The van der Waals surface area contributed by atoms with Crippen molar-refractivity contribution in [3.05, 3.63) is 0 Å². The number of rotatable bonds is 4. The van der Waals surface area contributed by atoms with Gasteiger partial charge in [-0.3, -0.25) is 0 Å². The molecule has 2 fully saturated rings. The summed E-state index contributed by atoms with van der Waals surface area (Å²) in [7, 11) is 0. The first-order valence-corrected chi connectivity index (χ1v) is 8.84. The maximum absolute atomic E-state index is 6.97. The molecule has 0 amide bonds. The van der Waals surface area contributed by atoms with Gasteiger partial charge >= 0.3 is 0 Å². The van der Waals surface area contributed by atoms with Gasteiger partial charge in [0.1, 0.15) is 0 Å². The SMILES string of the molecule is CCC1CCCCC1C1(N)CCCC(CC(C)C)C1. The Morgan fingerprint density at radius 3 is 2.53 bits per heavy atom. The maximum atomic E-state index is 6.97. The zero-order valence-corrected chi connectivity index (χ0v) is 13.5. The average molecular weight is 265 g/mol. The van der Waals surface area contributed by atoms with Gasteiger partial charge < -0.3 is 5.73 Å². The van der Waals surface area contributed by atoms with Crippen LogP contribution in [0.4, 0.5) is 0 Å². The molecular weight excluding hydrogens is 230 g/mol. The lowest BCUT2D eigenvalue weighted by Crippen LogP contribution is -2.53. The van der Waals surface area contributed by atoms with E-state index < -0.39 is 0 Å². The molecule has 2 aliphatic carbocycles. The Morgan fingerprint density at radius 2 is 1.84 bits per heavy atom. The molecule has 4 atom stereocenters. The van der Waals surface area contributed by atoms with E-state index in [2.05, 4.69) is 20.8 Å². The first kappa shape index (κ1) is 15.4. The number of hydrogen-bond donors (Lipinski definition) is 1. The minimum absolute atomic E-state index is 0.179. The molecule has 0 bridgehead atoms. The van der Waals surface area contributed by atoms with E-state index in [9.17, 15) is 0 Å². The van der Waals surface area contributed by atoms with Crippen molar-refractivity contribution in [2.75, 3.05) is 0 Å². The van der Waals surface area contributed by atoms with Crippen LogP contribution < -0.4 is 5.73 Å². The third-order valence-corrected chi connectivity index (χ3v) is 5.90. The van der Waals surface area contributed by atoms with Crippen molar-refractivity contribution in [1.29, 1.82) is 0 Å². The standard InChI is InChI=1S/C18H35N/c1-4-16-9-5-6-10-17(16)18(19)11-7-8-15(13-18)12-14(2)3/h14-17H,4-13,19H2,1-3H3. The molecule has 0 radical (unpaired) electrons. The summed E-state index contributed by atoms with van der Waals surface area (Å²) in [4.78, 5) is 0. The lowest BCUT2D eigenvalue weighted by molar-refractivity contribution is 0.0695. The normalized spacial score (nSPS) is 40.6. The van der Waals surface area contributed by atoms with E-state index in [4.69, 9.17) is 5.73 Å². The highest BCUT2D eigenvalue weighted by atomic mass is 14.8. The lowest BCUT2D eigenvalue weighted by atomic mass is 9.60. The second-order valence-corrected chi connectivity index (χ2v) is 7.88. The number of hydrogen-bond acceptors (Lipinski definition) is 1. The molecule has 2 rings (SSSR count). The largest absolute Gasteiger partial charge is 0.325 e. The van der Waals surface area contributed by atoms with E-state index in [1.165, 1.54) is 64.2 Å². The summed E-state index contributed by atoms with van der Waals surface area (Å²) in [6.45, 7) is 7.10. The Labute approximate surface area is 120 Å². The molecule has 2 N–H and O–H groups in total. The molecular formula is C18H35N. The summed E-state index contributed by atoms with van der Waals surface area (Å²) in [5, 5.41) is 0. The smallest absolute Gasteiger partial charge is 0.0188 e. The highest BCUT2D eigenvalue weighted by molar-refractivity contribution is 4.99. The van der Waals surface area contributed by atoms with Crippen LogP contribution in [0.3, 0.4) is 0 Å². The summed E-state index contributed by atoms with van der Waals surface area (Å²) in [5.41, 5.74) is 7.15. The summed E-state index contributed by atoms with van der Waals surface area (Å²) < 4.78 is 0. The van der Waals surface area contributed by atoms with Crippen LogP contribution in [0.1, 0.15) is 85.0 Å². The monoisotopic (exact) mass is 265 g/mol. The molecule has 4 unspecified atom stereocenters. The molecule has 0 aromatic heterocycles. The van der Waals surface area contributed by atoms with E-state index in [0.29, 0.717) is 0 Å². The first-order chi connectivity index (χ1) is 9.05. The van der Waals surface area contributed by atoms with Crippen molar-refractivity contribution in [3.63, 3.8) is 0 Å². The van der Waals surface area contributed by atoms with Gasteiger partial charge in [-0.2, -0.15) is 0 Å². The maximum Gasteiger partial charge on any atom is 0.0188 e. The second kappa shape index (κ2) is 6.61. The van der Waals surface area contributed by atoms with Crippen molar-refractivity contribution in [1.82, 2.24) is 0 Å². The summed E-state index contributed by atoms with van der Waals surface area (Å²) in [6, 6.07) is 0. The molecule has 2 aliphatic rings. The van der Waals surface area contributed by atoms with Crippen molar-refractivity contribution in [3.8, 4) is 0 Å². The van der Waals surface area contributed by atoms with Gasteiger partial charge in [0.15, 0.2) is 0 Å². The highest BCUT2D eigenvalue weighted by Crippen LogP contribution is 2.46. The Morgan fingerprint density at radius 1 is 1.11 bits per heavy atom. The van der Waals surface area contributed by atoms with Crippen LogP contribution in [0, 0.1) is 23.7 Å². The Kier molecular flexibility index (Phi) is 5.34. The molecule has 19 heavy (non-hydrogen) atoms. The predicted octanol–water partition coefficient (Wildman–Crippen LogP) is 5.14. The van der Waals surface area contributed by atoms with Gasteiger partial charge in [0.05, 0.1) is 0 Å². The van der Waals surface area contributed by atoms with E-state index in [1.54, 1.807) is 0 Å². The molecule has 0 saturated heterocycles. The van der Waals surface area contributed by atoms with Gasteiger partial charge in [0, 0.05) is 5.54 Å². The molecule has 112 valence electrons. The van der Waals surface area contributed by atoms with Gasteiger partial charge in [0.25, 0.3) is 0 Å². The van der Waals surface area contributed by atoms with Crippen molar-refractivity contribution in [2.45, 2.75) is 90.5 Å². The summed E-state index contributed by atoms with van der Waals surface area (Å²) >= 11 is 0. The van der Waals surface area contributed by atoms with Gasteiger partial charge in [-0.05, 0) is 49.4 Å². The Hall–Kier alpha value is -0.0400. The topological polar surface area (TPSA) is 26.0 Å². The summed E-state index contributed by atoms with van der Waals surface area (Å²) in [5.74, 6) is 3.47. The third-order valence-electron chi connectivity index (χ3n) is 5.90. The zero-order valence-electron chi connectivity index (χ0n) is 13.5. The van der Waals surface area contributed by atoms with Crippen LogP contribution in [0.5, 0.6) is 0 Å². The summed E-state index contributed by atoms with van der Waals surface area (Å²) in [6.07, 6.45) is 13.9. The minimum Gasteiger partial charge on any atom is -0.325 e. The molecule has 0 heterocycles. The molecule has 0 spiro atoms. The molecule has 0 aromatic rings. The van der Waals surface area contributed by atoms with E-state index in [0.717, 1.165) is 23.7 Å². The predicted molar refractivity (Wildman–Crippen MR) is 84.1 cm³/mol. The van der Waals surface area contributed by atoms with Crippen LogP contribution in [-0.4, -0.2) is 5.54 Å². The van der Waals surface area contributed by atoms with Crippen molar-refractivity contribution < 1.29 is 0 Å². The molecule has 2 saturated carbocycles. The van der Waals surface area contributed by atoms with E-state index in [-0.39, 0.29) is 5.54 Å². The van der Waals surface area contributed by atoms with Crippen LogP contribution >= 0.6 is 0 Å². The van der Waals surface area contributed by atoms with E-state index in [1.807, 2.05) is 0 Å². The van der Waals surface area contributed by atoms with E-state index >= 15 is 0 Å². The fourth-order valence-corrected chi connectivity index (χ4v) is 5.12. The Bertz CT molecular complexity index is 273. The lowest BCUT2D eigenvalue weighted by Gasteiger charge is -2.48. The molecule has 1 heteroatoms. The highest BCUT2D eigenvalue weighted by Gasteiger charge is 2.43. The van der Waals surface area contributed by atoms with Crippen molar-refractivity contribution >= 4 is 0 Å². The molecule has 1 nitrogen and oxygen atoms in total. The van der Waals surface area contributed by atoms with Crippen LogP contribution in [-0.2, 0) is 0 Å². The minimum atomic E-state index is 0.179. The molecule has 0 aliphatic heterocycles. The average Bonchev–Trinajstić information content (AvgIpc) is 2.38. The fourth-order valence-electron chi connectivity index (χ4n) is 5.12. The van der Waals surface area contributed by atoms with Gasteiger partial charge in [-0.25, -0.2) is 0 Å². The third kappa shape index (κ3) is 3.74. The number of nitrogens with two attached hydrogens (primary N) is 1. The van der Waals surface area contributed by atoms with Gasteiger partial charge in [-0.15, -0.1) is 0 Å².